The number of aryl methyl sites for hydroxylation is 1. The lowest BCUT2D eigenvalue weighted by atomic mass is 10.1. The molecule has 0 saturated heterocycles. The number of hydrogen-bond acceptors (Lipinski definition) is 3. The maximum absolute atomic E-state index is 13.8. The van der Waals surface area contributed by atoms with E-state index in [1.54, 1.807) is 19.1 Å². The first-order chi connectivity index (χ1) is 10.0. The van der Waals surface area contributed by atoms with Gasteiger partial charge >= 0.3 is 0 Å². The first kappa shape index (κ1) is 14.2. The van der Waals surface area contributed by atoms with E-state index in [4.69, 9.17) is 11.6 Å². The highest BCUT2D eigenvalue weighted by atomic mass is 35.5. The summed E-state index contributed by atoms with van der Waals surface area (Å²) in [6, 6.07) is 4.69. The van der Waals surface area contributed by atoms with E-state index in [0.717, 1.165) is 11.3 Å². The van der Waals surface area contributed by atoms with Gasteiger partial charge in [-0.05, 0) is 25.5 Å². The minimum Gasteiger partial charge on any atom is -0.311 e. The molecule has 1 aromatic heterocycles. The molecule has 6 heteroatoms. The summed E-state index contributed by atoms with van der Waals surface area (Å²) < 4.78 is 13.8. The maximum atomic E-state index is 13.8. The standard InChI is InChI=1S/C15H15ClFN3O/c1-9-18-14-8-20(6-5-10(14)15(21)19-9)7-11-12(16)3-2-4-13(11)17/h2-4H,5-8H2,1H3,(H,18,19,21). The zero-order valence-electron chi connectivity index (χ0n) is 11.6. The van der Waals surface area contributed by atoms with Crippen LogP contribution in [0.2, 0.25) is 5.02 Å². The van der Waals surface area contributed by atoms with Crippen LogP contribution in [0.1, 0.15) is 22.6 Å². The van der Waals surface area contributed by atoms with Crippen molar-refractivity contribution in [1.82, 2.24) is 14.9 Å². The van der Waals surface area contributed by atoms with Gasteiger partial charge in [-0.25, -0.2) is 9.37 Å². The van der Waals surface area contributed by atoms with Crippen LogP contribution in [0.4, 0.5) is 4.39 Å². The van der Waals surface area contributed by atoms with Gasteiger partial charge in [-0.2, -0.15) is 0 Å². The van der Waals surface area contributed by atoms with Crippen LogP contribution in [0.5, 0.6) is 0 Å². The number of H-pyrrole nitrogens is 1. The second-order valence-electron chi connectivity index (χ2n) is 5.24. The number of aromatic amines is 1. The third-order valence-corrected chi connectivity index (χ3v) is 4.07. The summed E-state index contributed by atoms with van der Waals surface area (Å²) in [5.74, 6) is 0.299. The molecule has 2 heterocycles. The zero-order valence-corrected chi connectivity index (χ0v) is 12.4. The lowest BCUT2D eigenvalue weighted by Gasteiger charge is -2.28. The molecule has 1 aromatic carbocycles. The fourth-order valence-electron chi connectivity index (χ4n) is 2.66. The fraction of sp³-hybridized carbons (Fsp3) is 0.333. The van der Waals surface area contributed by atoms with E-state index in [1.165, 1.54) is 6.07 Å². The molecule has 0 bridgehead atoms. The third kappa shape index (κ3) is 2.84. The van der Waals surface area contributed by atoms with Gasteiger partial charge in [0.1, 0.15) is 11.6 Å². The minimum absolute atomic E-state index is 0.0684. The van der Waals surface area contributed by atoms with Crippen LogP contribution in [-0.2, 0) is 19.5 Å². The number of hydrogen-bond donors (Lipinski definition) is 1. The molecule has 0 radical (unpaired) electrons. The van der Waals surface area contributed by atoms with Gasteiger partial charge in [0.25, 0.3) is 5.56 Å². The normalized spacial score (nSPS) is 15.0. The van der Waals surface area contributed by atoms with Crippen molar-refractivity contribution in [2.75, 3.05) is 6.54 Å². The number of aromatic nitrogens is 2. The molecule has 0 aliphatic carbocycles. The molecular formula is C15H15ClFN3O. The van der Waals surface area contributed by atoms with Gasteiger partial charge in [0.2, 0.25) is 0 Å². The lowest BCUT2D eigenvalue weighted by molar-refractivity contribution is 0.237. The molecule has 0 spiro atoms. The highest BCUT2D eigenvalue weighted by Crippen LogP contribution is 2.23. The topological polar surface area (TPSA) is 49.0 Å². The number of nitrogens with one attached hydrogen (secondary N) is 1. The zero-order chi connectivity index (χ0) is 15.0. The number of nitrogens with zero attached hydrogens (tertiary/aromatic N) is 2. The van der Waals surface area contributed by atoms with Gasteiger partial charge in [-0.3, -0.25) is 9.69 Å². The van der Waals surface area contributed by atoms with Gasteiger partial charge < -0.3 is 4.98 Å². The highest BCUT2D eigenvalue weighted by molar-refractivity contribution is 6.31. The number of fused-ring (bicyclic) bond motifs is 1. The summed E-state index contributed by atoms with van der Waals surface area (Å²) in [4.78, 5) is 21.0. The van der Waals surface area contributed by atoms with E-state index in [-0.39, 0.29) is 11.4 Å². The molecular weight excluding hydrogens is 293 g/mol. The summed E-state index contributed by atoms with van der Waals surface area (Å²) in [5.41, 5.74) is 1.93. The second-order valence-corrected chi connectivity index (χ2v) is 5.64. The molecule has 0 atom stereocenters. The average molecular weight is 308 g/mol. The van der Waals surface area contributed by atoms with Crippen LogP contribution in [0.3, 0.4) is 0 Å². The van der Waals surface area contributed by atoms with Crippen LogP contribution >= 0.6 is 11.6 Å². The number of rotatable bonds is 2. The summed E-state index contributed by atoms with van der Waals surface area (Å²) >= 11 is 6.06. The van der Waals surface area contributed by atoms with E-state index in [0.29, 0.717) is 42.5 Å². The van der Waals surface area contributed by atoms with Crippen molar-refractivity contribution < 1.29 is 4.39 Å². The molecule has 1 aliphatic rings. The summed E-state index contributed by atoms with van der Waals surface area (Å²) in [6.07, 6.45) is 0.615. The quantitative estimate of drug-likeness (QED) is 0.927. The van der Waals surface area contributed by atoms with Gasteiger partial charge in [0.15, 0.2) is 0 Å². The Hall–Kier alpha value is -1.72. The Kier molecular flexibility index (Phi) is 3.78. The van der Waals surface area contributed by atoms with Crippen molar-refractivity contribution in [3.63, 3.8) is 0 Å². The van der Waals surface area contributed by atoms with Crippen molar-refractivity contribution in [1.29, 1.82) is 0 Å². The lowest BCUT2D eigenvalue weighted by Crippen LogP contribution is -2.35. The van der Waals surface area contributed by atoms with Crippen LogP contribution in [0.15, 0.2) is 23.0 Å². The molecule has 4 nitrogen and oxygen atoms in total. The Labute approximate surface area is 126 Å². The summed E-state index contributed by atoms with van der Waals surface area (Å²) in [6.45, 7) is 3.39. The van der Waals surface area contributed by atoms with Crippen molar-refractivity contribution in [2.24, 2.45) is 0 Å². The Balaban J connectivity index is 1.85. The van der Waals surface area contributed by atoms with Gasteiger partial charge in [-0.1, -0.05) is 17.7 Å². The molecule has 2 aromatic rings. The Morgan fingerprint density at radius 2 is 2.29 bits per heavy atom. The molecule has 21 heavy (non-hydrogen) atoms. The van der Waals surface area contributed by atoms with Gasteiger partial charge in [0, 0.05) is 35.8 Å². The van der Waals surface area contributed by atoms with Crippen molar-refractivity contribution in [3.8, 4) is 0 Å². The summed E-state index contributed by atoms with van der Waals surface area (Å²) in [5, 5.41) is 0.427. The largest absolute Gasteiger partial charge is 0.311 e. The molecule has 0 amide bonds. The maximum Gasteiger partial charge on any atom is 0.254 e. The number of benzene rings is 1. The molecule has 0 unspecified atom stereocenters. The smallest absolute Gasteiger partial charge is 0.254 e. The third-order valence-electron chi connectivity index (χ3n) is 3.71. The summed E-state index contributed by atoms with van der Waals surface area (Å²) in [7, 11) is 0. The molecule has 3 rings (SSSR count). The fourth-order valence-corrected chi connectivity index (χ4v) is 2.88. The van der Waals surface area contributed by atoms with E-state index in [9.17, 15) is 9.18 Å². The van der Waals surface area contributed by atoms with Crippen molar-refractivity contribution in [3.05, 3.63) is 62.0 Å². The van der Waals surface area contributed by atoms with Gasteiger partial charge in [-0.15, -0.1) is 0 Å². The van der Waals surface area contributed by atoms with E-state index in [2.05, 4.69) is 14.9 Å². The molecule has 0 saturated carbocycles. The second kappa shape index (κ2) is 5.58. The minimum atomic E-state index is -0.302. The Morgan fingerprint density at radius 1 is 1.48 bits per heavy atom. The SMILES string of the molecule is Cc1nc2c(c(=O)[nH]1)CCN(Cc1c(F)cccc1Cl)C2. The molecule has 0 fully saturated rings. The highest BCUT2D eigenvalue weighted by Gasteiger charge is 2.22. The van der Waals surface area contributed by atoms with Crippen LogP contribution in [0.25, 0.3) is 0 Å². The van der Waals surface area contributed by atoms with Gasteiger partial charge in [0.05, 0.1) is 5.69 Å². The molecule has 1 aliphatic heterocycles. The predicted molar refractivity (Wildman–Crippen MR) is 78.8 cm³/mol. The first-order valence-electron chi connectivity index (χ1n) is 6.78. The predicted octanol–water partition coefficient (Wildman–Crippen LogP) is 2.43. The Morgan fingerprint density at radius 3 is 3.05 bits per heavy atom. The van der Waals surface area contributed by atoms with E-state index < -0.39 is 0 Å². The monoisotopic (exact) mass is 307 g/mol. The van der Waals surface area contributed by atoms with Crippen LogP contribution in [0, 0.1) is 12.7 Å². The van der Waals surface area contributed by atoms with Crippen LogP contribution in [-0.4, -0.2) is 21.4 Å². The first-order valence-corrected chi connectivity index (χ1v) is 7.16. The van der Waals surface area contributed by atoms with Crippen LogP contribution < -0.4 is 5.56 Å². The molecule has 110 valence electrons. The van der Waals surface area contributed by atoms with E-state index in [1.807, 2.05) is 0 Å². The number of halogens is 2. The Bertz CT molecular complexity index is 724. The molecule has 1 N–H and O–H groups in total. The van der Waals surface area contributed by atoms with E-state index >= 15 is 0 Å². The average Bonchev–Trinajstić information content (AvgIpc) is 2.42. The van der Waals surface area contributed by atoms with Crippen molar-refractivity contribution in [2.45, 2.75) is 26.4 Å². The van der Waals surface area contributed by atoms with Crippen molar-refractivity contribution >= 4 is 11.6 Å².